The zero-order chi connectivity index (χ0) is 13.9. The molecule has 0 aromatic heterocycles. The lowest BCUT2D eigenvalue weighted by Crippen LogP contribution is -2.00. The van der Waals surface area contributed by atoms with E-state index in [1.165, 1.54) is 39.2 Å². The molecule has 2 heteroatoms. The fourth-order valence-corrected chi connectivity index (χ4v) is 1.79. The van der Waals surface area contributed by atoms with Crippen molar-refractivity contribution in [2.45, 2.75) is 45.4 Å². The number of unbranched alkanes of at least 4 members (excludes halogenated alkanes) is 5. The highest BCUT2D eigenvalue weighted by atomic mass is 16.5. The summed E-state index contributed by atoms with van der Waals surface area (Å²) in [6, 6.07) is 7.21. The third-order valence-corrected chi connectivity index (χ3v) is 2.94. The van der Waals surface area contributed by atoms with Gasteiger partial charge < -0.3 is 4.74 Å². The van der Waals surface area contributed by atoms with Gasteiger partial charge in [0.1, 0.15) is 0 Å². The molecule has 0 radical (unpaired) electrons. The fourth-order valence-electron chi connectivity index (χ4n) is 1.79. The van der Waals surface area contributed by atoms with Crippen LogP contribution in [0.3, 0.4) is 0 Å². The second-order valence-corrected chi connectivity index (χ2v) is 4.53. The molecule has 0 N–H and O–H groups in total. The smallest absolute Gasteiger partial charge is 0.337 e. The third-order valence-electron chi connectivity index (χ3n) is 2.94. The van der Waals surface area contributed by atoms with Crippen LogP contribution in [0.1, 0.15) is 61.4 Å². The van der Waals surface area contributed by atoms with Crippen LogP contribution in [0.2, 0.25) is 0 Å². The number of carbonyl (C=O) groups excluding carboxylic acids is 1. The van der Waals surface area contributed by atoms with Crippen LogP contribution < -0.4 is 0 Å². The van der Waals surface area contributed by atoms with Crippen LogP contribution in [0.5, 0.6) is 0 Å². The predicted molar refractivity (Wildman–Crippen MR) is 78.0 cm³/mol. The number of esters is 1. The average molecular weight is 258 g/mol. The van der Waals surface area contributed by atoms with Crippen LogP contribution in [0.4, 0.5) is 0 Å². The summed E-state index contributed by atoms with van der Waals surface area (Å²) in [5.41, 5.74) is 1.51. The Balaban J connectivity index is 2.35. The first-order valence-corrected chi connectivity index (χ1v) is 6.95. The first-order valence-electron chi connectivity index (χ1n) is 6.95. The highest BCUT2D eigenvalue weighted by Gasteiger charge is 2.02. The van der Waals surface area contributed by atoms with Crippen LogP contribution in [0, 0.1) is 11.8 Å². The van der Waals surface area contributed by atoms with Crippen molar-refractivity contribution in [1.29, 1.82) is 0 Å². The number of methoxy groups -OCH3 is 1. The summed E-state index contributed by atoms with van der Waals surface area (Å²) in [6.07, 6.45) is 7.30. The van der Waals surface area contributed by atoms with E-state index in [0.717, 1.165) is 12.0 Å². The van der Waals surface area contributed by atoms with Crippen LogP contribution in [-0.2, 0) is 4.74 Å². The maximum Gasteiger partial charge on any atom is 0.337 e. The first-order chi connectivity index (χ1) is 9.27. The molecule has 0 saturated heterocycles. The zero-order valence-corrected chi connectivity index (χ0v) is 11.9. The van der Waals surface area contributed by atoms with Gasteiger partial charge in [0.2, 0.25) is 0 Å². The van der Waals surface area contributed by atoms with Crippen molar-refractivity contribution in [2.75, 3.05) is 7.11 Å². The molecule has 0 aliphatic carbocycles. The molecule has 0 atom stereocenters. The number of rotatable bonds is 6. The number of carbonyl (C=O) groups is 1. The van der Waals surface area contributed by atoms with E-state index in [2.05, 4.69) is 23.5 Å². The normalized spacial score (nSPS) is 9.58. The Hall–Kier alpha value is -1.75. The Bertz CT molecular complexity index is 435. The molecule has 102 valence electrons. The largest absolute Gasteiger partial charge is 0.465 e. The molecule has 0 spiro atoms. The van der Waals surface area contributed by atoms with Crippen molar-refractivity contribution < 1.29 is 9.53 Å². The van der Waals surface area contributed by atoms with Gasteiger partial charge in [-0.15, -0.1) is 0 Å². The van der Waals surface area contributed by atoms with E-state index < -0.39 is 0 Å². The number of hydrogen-bond acceptors (Lipinski definition) is 2. The Morgan fingerprint density at radius 1 is 1.11 bits per heavy atom. The van der Waals surface area contributed by atoms with E-state index >= 15 is 0 Å². The maximum absolute atomic E-state index is 11.3. The summed E-state index contributed by atoms with van der Waals surface area (Å²) in [4.78, 5) is 11.3. The lowest BCUT2D eigenvalue weighted by molar-refractivity contribution is 0.0601. The van der Waals surface area contributed by atoms with Gasteiger partial charge in [0.15, 0.2) is 0 Å². The molecule has 19 heavy (non-hydrogen) atoms. The molecule has 0 bridgehead atoms. The van der Waals surface area contributed by atoms with Crippen molar-refractivity contribution in [1.82, 2.24) is 0 Å². The van der Waals surface area contributed by atoms with Gasteiger partial charge in [0, 0.05) is 12.0 Å². The minimum atomic E-state index is -0.310. The topological polar surface area (TPSA) is 26.3 Å². The number of hydrogen-bond donors (Lipinski definition) is 0. The quantitative estimate of drug-likeness (QED) is 0.434. The molecule has 0 amide bonds. The zero-order valence-electron chi connectivity index (χ0n) is 11.9. The van der Waals surface area contributed by atoms with Crippen LogP contribution in [0.25, 0.3) is 0 Å². The summed E-state index contributed by atoms with van der Waals surface area (Å²) in [5, 5.41) is 0. The molecule has 2 nitrogen and oxygen atoms in total. The summed E-state index contributed by atoms with van der Waals surface area (Å²) in [5.74, 6) is 5.98. The van der Waals surface area contributed by atoms with Crippen LogP contribution in [0.15, 0.2) is 24.3 Å². The average Bonchev–Trinajstić information content (AvgIpc) is 2.46. The second kappa shape index (κ2) is 9.22. The van der Waals surface area contributed by atoms with Crippen molar-refractivity contribution in [3.63, 3.8) is 0 Å². The fraction of sp³-hybridized carbons (Fsp3) is 0.471. The minimum absolute atomic E-state index is 0.310. The molecular weight excluding hydrogens is 236 g/mol. The van der Waals surface area contributed by atoms with E-state index in [1.807, 2.05) is 12.1 Å². The van der Waals surface area contributed by atoms with Crippen molar-refractivity contribution >= 4 is 5.97 Å². The highest BCUT2D eigenvalue weighted by Crippen LogP contribution is 2.06. The Labute approximate surface area is 116 Å². The molecular formula is C17H22O2. The van der Waals surface area contributed by atoms with Crippen molar-refractivity contribution in [3.05, 3.63) is 35.4 Å². The summed E-state index contributed by atoms with van der Waals surface area (Å²) in [7, 11) is 1.38. The molecule has 0 aliphatic rings. The third kappa shape index (κ3) is 6.10. The minimum Gasteiger partial charge on any atom is -0.465 e. The SMILES string of the molecule is CCCCCCCC#Cc1ccc(C(=O)OC)cc1. The van der Waals surface area contributed by atoms with Crippen LogP contribution >= 0.6 is 0 Å². The monoisotopic (exact) mass is 258 g/mol. The Kier molecular flexibility index (Phi) is 7.43. The number of ether oxygens (including phenoxy) is 1. The van der Waals surface area contributed by atoms with Gasteiger partial charge in [0.05, 0.1) is 12.7 Å². The van der Waals surface area contributed by atoms with E-state index in [9.17, 15) is 4.79 Å². The molecule has 0 aliphatic heterocycles. The first kappa shape index (κ1) is 15.3. The molecule has 0 fully saturated rings. The van der Waals surface area contributed by atoms with Gasteiger partial charge in [-0.2, -0.15) is 0 Å². The molecule has 0 heterocycles. The van der Waals surface area contributed by atoms with Gasteiger partial charge in [-0.05, 0) is 30.7 Å². The summed E-state index contributed by atoms with van der Waals surface area (Å²) in [6.45, 7) is 2.22. The van der Waals surface area contributed by atoms with Gasteiger partial charge in [-0.25, -0.2) is 4.79 Å². The second-order valence-electron chi connectivity index (χ2n) is 4.53. The van der Waals surface area contributed by atoms with Gasteiger partial charge in [-0.1, -0.05) is 44.4 Å². The summed E-state index contributed by atoms with van der Waals surface area (Å²) < 4.78 is 4.65. The van der Waals surface area contributed by atoms with E-state index in [0.29, 0.717) is 5.56 Å². The predicted octanol–water partition coefficient (Wildman–Crippen LogP) is 4.19. The number of benzene rings is 1. The van der Waals surface area contributed by atoms with Gasteiger partial charge in [0.25, 0.3) is 0 Å². The van der Waals surface area contributed by atoms with Gasteiger partial charge in [-0.3, -0.25) is 0 Å². The lowest BCUT2D eigenvalue weighted by Gasteiger charge is -1.98. The molecule has 1 aromatic carbocycles. The molecule has 1 rings (SSSR count). The van der Waals surface area contributed by atoms with E-state index in [-0.39, 0.29) is 5.97 Å². The standard InChI is InChI=1S/C17H22O2/c1-3-4-5-6-7-8-9-10-15-11-13-16(14-12-15)17(18)19-2/h11-14H,3-8H2,1-2H3. The van der Waals surface area contributed by atoms with Gasteiger partial charge >= 0.3 is 5.97 Å². The Morgan fingerprint density at radius 3 is 2.42 bits per heavy atom. The Morgan fingerprint density at radius 2 is 1.79 bits per heavy atom. The molecule has 0 saturated carbocycles. The lowest BCUT2D eigenvalue weighted by atomic mass is 10.1. The van der Waals surface area contributed by atoms with E-state index in [1.54, 1.807) is 12.1 Å². The molecule has 0 unspecified atom stereocenters. The van der Waals surface area contributed by atoms with Crippen LogP contribution in [-0.4, -0.2) is 13.1 Å². The maximum atomic E-state index is 11.3. The van der Waals surface area contributed by atoms with Crippen molar-refractivity contribution in [3.8, 4) is 11.8 Å². The molecule has 1 aromatic rings. The van der Waals surface area contributed by atoms with E-state index in [4.69, 9.17) is 0 Å². The van der Waals surface area contributed by atoms with Crippen molar-refractivity contribution in [2.24, 2.45) is 0 Å². The highest BCUT2D eigenvalue weighted by molar-refractivity contribution is 5.89. The summed E-state index contributed by atoms with van der Waals surface area (Å²) >= 11 is 0.